The molecule has 0 aromatic carbocycles. The van der Waals surface area contributed by atoms with Crippen LogP contribution in [0.2, 0.25) is 0 Å². The number of H-pyrrole nitrogens is 1. The third kappa shape index (κ3) is 2.60. The van der Waals surface area contributed by atoms with Gasteiger partial charge in [0.05, 0.1) is 11.1 Å². The van der Waals surface area contributed by atoms with Gasteiger partial charge < -0.3 is 15.6 Å². The lowest BCUT2D eigenvalue weighted by Crippen LogP contribution is -2.41. The number of hydrogen-bond donors (Lipinski definition) is 2. The largest absolute Gasteiger partial charge is 0.351 e. The van der Waals surface area contributed by atoms with Crippen molar-refractivity contribution < 1.29 is 9.72 Å². The van der Waals surface area contributed by atoms with E-state index in [1.165, 1.54) is 12.3 Å². The number of nitrogens with zero attached hydrogens (tertiary/aromatic N) is 2. The average molecular weight is 266 g/mol. The summed E-state index contributed by atoms with van der Waals surface area (Å²) in [6, 6.07) is 1.39. The molecule has 3 N–H and O–H groups in total. The zero-order chi connectivity index (χ0) is 14.0. The summed E-state index contributed by atoms with van der Waals surface area (Å²) < 4.78 is 0. The summed E-state index contributed by atoms with van der Waals surface area (Å²) in [5, 5.41) is 10.6. The minimum Gasteiger partial charge on any atom is -0.351 e. The van der Waals surface area contributed by atoms with Crippen LogP contribution in [0.4, 0.5) is 5.69 Å². The lowest BCUT2D eigenvalue weighted by molar-refractivity contribution is -0.384. The Kier molecular flexibility index (Phi) is 3.84. The summed E-state index contributed by atoms with van der Waals surface area (Å²) in [4.78, 5) is 26.7. The van der Waals surface area contributed by atoms with Crippen molar-refractivity contribution in [1.82, 2.24) is 9.88 Å². The molecule has 1 amide bonds. The molecule has 1 saturated carbocycles. The lowest BCUT2D eigenvalue weighted by atomic mass is 10.0. The van der Waals surface area contributed by atoms with E-state index in [1.807, 2.05) is 0 Å². The van der Waals surface area contributed by atoms with E-state index in [4.69, 9.17) is 5.73 Å². The van der Waals surface area contributed by atoms with Crippen LogP contribution in [0.3, 0.4) is 0 Å². The number of amides is 1. The molecule has 7 heteroatoms. The lowest BCUT2D eigenvalue weighted by Gasteiger charge is -2.28. The zero-order valence-electron chi connectivity index (χ0n) is 10.8. The molecule has 0 aliphatic heterocycles. The molecule has 0 bridgehead atoms. The minimum absolute atomic E-state index is 0.0986. The molecule has 2 rings (SSSR count). The van der Waals surface area contributed by atoms with E-state index in [1.54, 1.807) is 11.9 Å². The van der Waals surface area contributed by atoms with E-state index in [0.29, 0.717) is 12.5 Å². The molecule has 0 spiro atoms. The van der Waals surface area contributed by atoms with Crippen molar-refractivity contribution in [2.24, 2.45) is 11.7 Å². The maximum absolute atomic E-state index is 12.3. The van der Waals surface area contributed by atoms with E-state index < -0.39 is 4.92 Å². The topological polar surface area (TPSA) is 105 Å². The molecule has 1 aromatic heterocycles. The van der Waals surface area contributed by atoms with Crippen LogP contribution in [-0.2, 0) is 0 Å². The number of nitrogens with two attached hydrogens (primary N) is 1. The Bertz CT molecular complexity index is 485. The van der Waals surface area contributed by atoms with Gasteiger partial charge in [-0.25, -0.2) is 0 Å². The molecule has 1 aliphatic carbocycles. The molecule has 7 nitrogen and oxygen atoms in total. The first-order valence-corrected chi connectivity index (χ1v) is 6.34. The third-order valence-electron chi connectivity index (χ3n) is 3.85. The highest BCUT2D eigenvalue weighted by Crippen LogP contribution is 2.29. The van der Waals surface area contributed by atoms with Crippen LogP contribution >= 0.6 is 0 Å². The van der Waals surface area contributed by atoms with Crippen LogP contribution in [0.1, 0.15) is 29.8 Å². The number of carbonyl (C=O) groups excluding carboxylic acids is 1. The first-order chi connectivity index (χ1) is 9.04. The number of aromatic amines is 1. The summed E-state index contributed by atoms with van der Waals surface area (Å²) in [6.45, 7) is 0.563. The highest BCUT2D eigenvalue weighted by Gasteiger charge is 2.32. The maximum Gasteiger partial charge on any atom is 0.287 e. The van der Waals surface area contributed by atoms with Gasteiger partial charge in [-0.2, -0.15) is 0 Å². The van der Waals surface area contributed by atoms with E-state index >= 15 is 0 Å². The number of nitrogens with one attached hydrogen (secondary N) is 1. The van der Waals surface area contributed by atoms with Gasteiger partial charge >= 0.3 is 0 Å². The van der Waals surface area contributed by atoms with E-state index in [9.17, 15) is 14.9 Å². The molecule has 1 aromatic rings. The van der Waals surface area contributed by atoms with Gasteiger partial charge in [0.1, 0.15) is 5.69 Å². The quantitative estimate of drug-likeness (QED) is 0.629. The highest BCUT2D eigenvalue weighted by molar-refractivity contribution is 5.93. The monoisotopic (exact) mass is 266 g/mol. The van der Waals surface area contributed by atoms with Crippen molar-refractivity contribution >= 4 is 11.6 Å². The van der Waals surface area contributed by atoms with E-state index in [2.05, 4.69) is 4.98 Å². The van der Waals surface area contributed by atoms with Gasteiger partial charge in [0, 0.05) is 19.2 Å². The van der Waals surface area contributed by atoms with Gasteiger partial charge in [-0.1, -0.05) is 6.42 Å². The van der Waals surface area contributed by atoms with Crippen molar-refractivity contribution in [3.05, 3.63) is 28.1 Å². The van der Waals surface area contributed by atoms with Crippen LogP contribution in [0.5, 0.6) is 0 Å². The average Bonchev–Trinajstić information content (AvgIpc) is 3.05. The molecule has 19 heavy (non-hydrogen) atoms. The highest BCUT2D eigenvalue weighted by atomic mass is 16.6. The molecular weight excluding hydrogens is 248 g/mol. The number of rotatable bonds is 4. The van der Waals surface area contributed by atoms with Gasteiger partial charge in [-0.15, -0.1) is 0 Å². The summed E-state index contributed by atoms with van der Waals surface area (Å²) in [5.74, 6) is 0.0948. The van der Waals surface area contributed by atoms with Crippen molar-refractivity contribution in [3.8, 4) is 0 Å². The predicted octanol–water partition coefficient (Wildman–Crippen LogP) is 1.12. The molecule has 2 atom stereocenters. The number of nitro groups is 1. The second kappa shape index (κ2) is 5.40. The Hall–Kier alpha value is -1.89. The van der Waals surface area contributed by atoms with Crippen LogP contribution < -0.4 is 5.73 Å². The van der Waals surface area contributed by atoms with Gasteiger partial charge in [-0.3, -0.25) is 14.9 Å². The molecule has 104 valence electrons. The molecular formula is C12H18N4O3. The maximum atomic E-state index is 12.3. The normalized spacial score (nSPS) is 22.4. The summed E-state index contributed by atoms with van der Waals surface area (Å²) >= 11 is 0. The summed E-state index contributed by atoms with van der Waals surface area (Å²) in [6.07, 6.45) is 4.27. The Morgan fingerprint density at radius 3 is 2.95 bits per heavy atom. The van der Waals surface area contributed by atoms with Crippen LogP contribution in [0, 0.1) is 16.0 Å². The Morgan fingerprint density at radius 2 is 2.37 bits per heavy atom. The number of carbonyl (C=O) groups is 1. The van der Waals surface area contributed by atoms with Crippen LogP contribution in [0.25, 0.3) is 0 Å². The third-order valence-corrected chi connectivity index (χ3v) is 3.85. The van der Waals surface area contributed by atoms with Crippen molar-refractivity contribution in [2.45, 2.75) is 25.3 Å². The van der Waals surface area contributed by atoms with Crippen LogP contribution in [-0.4, -0.2) is 40.3 Å². The molecule has 1 aliphatic rings. The van der Waals surface area contributed by atoms with E-state index in [-0.39, 0.29) is 23.3 Å². The molecule has 1 heterocycles. The standard InChI is InChI=1S/C12H18N4O3/c1-15(11-4-2-3-8(11)6-13)12(17)10-5-9(7-14-10)16(18)19/h5,7-8,11,14H,2-4,6,13H2,1H3. The Morgan fingerprint density at radius 1 is 1.63 bits per heavy atom. The van der Waals surface area contributed by atoms with Crippen molar-refractivity contribution in [2.75, 3.05) is 13.6 Å². The molecule has 1 fully saturated rings. The predicted molar refractivity (Wildman–Crippen MR) is 69.7 cm³/mol. The fourth-order valence-electron chi connectivity index (χ4n) is 2.75. The second-order valence-corrected chi connectivity index (χ2v) is 4.94. The van der Waals surface area contributed by atoms with E-state index in [0.717, 1.165) is 19.3 Å². The fourth-order valence-corrected chi connectivity index (χ4v) is 2.75. The Balaban J connectivity index is 2.11. The van der Waals surface area contributed by atoms with Gasteiger partial charge in [0.15, 0.2) is 0 Å². The number of aromatic nitrogens is 1. The molecule has 0 saturated heterocycles. The first-order valence-electron chi connectivity index (χ1n) is 6.34. The van der Waals surface area contributed by atoms with Crippen molar-refractivity contribution in [3.63, 3.8) is 0 Å². The van der Waals surface area contributed by atoms with Gasteiger partial charge in [0.2, 0.25) is 0 Å². The Labute approximate surface area is 110 Å². The second-order valence-electron chi connectivity index (χ2n) is 4.94. The fraction of sp³-hybridized carbons (Fsp3) is 0.583. The summed E-state index contributed by atoms with van der Waals surface area (Å²) in [5.41, 5.74) is 5.86. The molecule has 2 unspecified atom stereocenters. The van der Waals surface area contributed by atoms with Crippen LogP contribution in [0.15, 0.2) is 12.3 Å². The first kappa shape index (κ1) is 13.5. The number of hydrogen-bond acceptors (Lipinski definition) is 4. The van der Waals surface area contributed by atoms with Gasteiger partial charge in [-0.05, 0) is 25.3 Å². The smallest absolute Gasteiger partial charge is 0.287 e. The molecule has 0 radical (unpaired) electrons. The SMILES string of the molecule is CN(C(=O)c1cc([N+](=O)[O-])c[nH]1)C1CCCC1CN. The summed E-state index contributed by atoms with van der Waals surface area (Å²) in [7, 11) is 1.73. The minimum atomic E-state index is -0.522. The van der Waals surface area contributed by atoms with Gasteiger partial charge in [0.25, 0.3) is 11.6 Å². The zero-order valence-corrected chi connectivity index (χ0v) is 10.8. The van der Waals surface area contributed by atoms with Crippen molar-refractivity contribution in [1.29, 1.82) is 0 Å².